The van der Waals surface area contributed by atoms with Crippen LogP contribution in [0, 0.1) is 0 Å². The summed E-state index contributed by atoms with van der Waals surface area (Å²) < 4.78 is 10.4. The topological polar surface area (TPSA) is 104 Å². The first kappa shape index (κ1) is 19.4. The smallest absolute Gasteiger partial charge is 0.341 e. The van der Waals surface area contributed by atoms with Gasteiger partial charge in [-0.2, -0.15) is 0 Å². The SMILES string of the molecule is CCOC(=O)c1cnc2ccc(NC(=O)COc3ccc(Cl)cc3)cc2c1N. The van der Waals surface area contributed by atoms with E-state index in [1.54, 1.807) is 49.4 Å². The lowest BCUT2D eigenvalue weighted by molar-refractivity contribution is -0.118. The summed E-state index contributed by atoms with van der Waals surface area (Å²) in [6.07, 6.45) is 1.38. The summed E-state index contributed by atoms with van der Waals surface area (Å²) in [6, 6.07) is 11.8. The zero-order valence-corrected chi connectivity index (χ0v) is 15.8. The summed E-state index contributed by atoms with van der Waals surface area (Å²) in [6.45, 7) is 1.78. The predicted molar refractivity (Wildman–Crippen MR) is 108 cm³/mol. The highest BCUT2D eigenvalue weighted by Gasteiger charge is 2.15. The van der Waals surface area contributed by atoms with Gasteiger partial charge in [-0.1, -0.05) is 11.6 Å². The Balaban J connectivity index is 1.73. The third kappa shape index (κ3) is 4.50. The van der Waals surface area contributed by atoms with Crippen molar-refractivity contribution in [2.75, 3.05) is 24.3 Å². The maximum atomic E-state index is 12.2. The van der Waals surface area contributed by atoms with Gasteiger partial charge in [-0.3, -0.25) is 9.78 Å². The number of nitrogen functional groups attached to an aromatic ring is 1. The van der Waals surface area contributed by atoms with Crippen LogP contribution in [-0.4, -0.2) is 30.1 Å². The molecule has 0 saturated carbocycles. The van der Waals surface area contributed by atoms with E-state index in [4.69, 9.17) is 26.8 Å². The number of ether oxygens (including phenoxy) is 2. The number of nitrogens with one attached hydrogen (secondary N) is 1. The summed E-state index contributed by atoms with van der Waals surface area (Å²) in [5.74, 6) is -0.354. The van der Waals surface area contributed by atoms with Crippen LogP contribution in [0.25, 0.3) is 10.9 Å². The number of esters is 1. The van der Waals surface area contributed by atoms with E-state index >= 15 is 0 Å². The second-order valence-corrected chi connectivity index (χ2v) is 6.27. The Kier molecular flexibility index (Phi) is 5.96. The number of rotatable bonds is 6. The number of nitrogens with two attached hydrogens (primary N) is 1. The Labute approximate surface area is 166 Å². The van der Waals surface area contributed by atoms with Crippen LogP contribution in [-0.2, 0) is 9.53 Å². The predicted octanol–water partition coefficient (Wildman–Crippen LogP) is 3.66. The zero-order chi connectivity index (χ0) is 20.1. The van der Waals surface area contributed by atoms with Crippen LogP contribution in [0.4, 0.5) is 11.4 Å². The standard InChI is InChI=1S/C20H18ClN3O4/c1-2-27-20(26)16-10-23-17-8-5-13(9-15(17)19(16)22)24-18(25)11-28-14-6-3-12(21)4-7-14/h3-10H,2,11H2,1H3,(H2,22,23)(H,24,25). The number of halogens is 1. The van der Waals surface area contributed by atoms with Gasteiger partial charge in [0.25, 0.3) is 5.91 Å². The minimum atomic E-state index is -0.541. The Hall–Kier alpha value is -3.32. The van der Waals surface area contributed by atoms with Gasteiger partial charge in [0.1, 0.15) is 11.3 Å². The van der Waals surface area contributed by atoms with Crippen molar-refractivity contribution in [2.24, 2.45) is 0 Å². The Bertz CT molecular complexity index is 1020. The number of anilines is 2. The molecule has 7 nitrogen and oxygen atoms in total. The van der Waals surface area contributed by atoms with E-state index in [2.05, 4.69) is 10.3 Å². The van der Waals surface area contributed by atoms with Crippen molar-refractivity contribution >= 4 is 45.8 Å². The van der Waals surface area contributed by atoms with Crippen LogP contribution in [0.5, 0.6) is 5.75 Å². The molecule has 3 N–H and O–H groups in total. The minimum absolute atomic E-state index is 0.170. The lowest BCUT2D eigenvalue weighted by Crippen LogP contribution is -2.20. The molecular formula is C20H18ClN3O4. The van der Waals surface area contributed by atoms with E-state index in [1.165, 1.54) is 6.20 Å². The van der Waals surface area contributed by atoms with E-state index in [0.717, 1.165) is 0 Å². The zero-order valence-electron chi connectivity index (χ0n) is 15.1. The number of hydrogen-bond donors (Lipinski definition) is 2. The van der Waals surface area contributed by atoms with Gasteiger partial charge in [-0.25, -0.2) is 4.79 Å². The fourth-order valence-corrected chi connectivity index (χ4v) is 2.67. The van der Waals surface area contributed by atoms with Gasteiger partial charge < -0.3 is 20.5 Å². The fraction of sp³-hybridized carbons (Fsp3) is 0.150. The number of hydrogen-bond acceptors (Lipinski definition) is 6. The molecule has 3 aromatic rings. The van der Waals surface area contributed by atoms with Crippen LogP contribution in [0.15, 0.2) is 48.7 Å². The van der Waals surface area contributed by atoms with Crippen molar-refractivity contribution in [3.05, 3.63) is 59.2 Å². The molecule has 1 amide bonds. The van der Waals surface area contributed by atoms with E-state index in [-0.39, 0.29) is 30.4 Å². The van der Waals surface area contributed by atoms with Crippen molar-refractivity contribution in [3.63, 3.8) is 0 Å². The van der Waals surface area contributed by atoms with Crippen molar-refractivity contribution in [1.29, 1.82) is 0 Å². The normalized spacial score (nSPS) is 10.5. The molecule has 144 valence electrons. The Morgan fingerprint density at radius 1 is 1.18 bits per heavy atom. The van der Waals surface area contributed by atoms with E-state index < -0.39 is 5.97 Å². The van der Waals surface area contributed by atoms with Gasteiger partial charge in [0, 0.05) is 22.3 Å². The second-order valence-electron chi connectivity index (χ2n) is 5.83. The Morgan fingerprint density at radius 3 is 2.64 bits per heavy atom. The van der Waals surface area contributed by atoms with Gasteiger partial charge in [0.15, 0.2) is 6.61 Å². The highest BCUT2D eigenvalue weighted by Crippen LogP contribution is 2.26. The first-order valence-electron chi connectivity index (χ1n) is 8.51. The van der Waals surface area contributed by atoms with E-state index in [9.17, 15) is 9.59 Å². The van der Waals surface area contributed by atoms with Crippen LogP contribution in [0.2, 0.25) is 5.02 Å². The van der Waals surface area contributed by atoms with Crippen LogP contribution >= 0.6 is 11.6 Å². The molecular weight excluding hydrogens is 382 g/mol. The number of aromatic nitrogens is 1. The second kappa shape index (κ2) is 8.58. The van der Waals surface area contributed by atoms with Crippen LogP contribution in [0.1, 0.15) is 17.3 Å². The van der Waals surface area contributed by atoms with E-state index in [1.807, 2.05) is 0 Å². The number of carbonyl (C=O) groups excluding carboxylic acids is 2. The molecule has 3 rings (SSSR count). The van der Waals surface area contributed by atoms with E-state index in [0.29, 0.717) is 27.4 Å². The van der Waals surface area contributed by atoms with Gasteiger partial charge in [-0.05, 0) is 49.4 Å². The number of benzene rings is 2. The summed E-state index contributed by atoms with van der Waals surface area (Å²) >= 11 is 5.81. The quantitative estimate of drug-likeness (QED) is 0.613. The maximum Gasteiger partial charge on any atom is 0.341 e. The molecule has 8 heteroatoms. The van der Waals surface area contributed by atoms with Crippen molar-refractivity contribution in [2.45, 2.75) is 6.92 Å². The average Bonchev–Trinajstić information content (AvgIpc) is 2.68. The number of pyridine rings is 1. The fourth-order valence-electron chi connectivity index (χ4n) is 2.54. The van der Waals surface area contributed by atoms with Crippen molar-refractivity contribution in [1.82, 2.24) is 4.98 Å². The molecule has 0 radical (unpaired) electrons. The third-order valence-corrected chi connectivity index (χ3v) is 4.12. The maximum absolute atomic E-state index is 12.2. The van der Waals surface area contributed by atoms with Crippen molar-refractivity contribution in [3.8, 4) is 5.75 Å². The first-order chi connectivity index (χ1) is 13.5. The number of amides is 1. The molecule has 1 aromatic heterocycles. The molecule has 28 heavy (non-hydrogen) atoms. The van der Waals surface area contributed by atoms with Crippen LogP contribution < -0.4 is 15.8 Å². The molecule has 0 aliphatic heterocycles. The largest absolute Gasteiger partial charge is 0.484 e. The molecule has 0 spiro atoms. The average molecular weight is 400 g/mol. The van der Waals surface area contributed by atoms with Gasteiger partial charge in [-0.15, -0.1) is 0 Å². The monoisotopic (exact) mass is 399 g/mol. The number of carbonyl (C=O) groups is 2. The summed E-state index contributed by atoms with van der Waals surface area (Å²) in [5, 5.41) is 3.86. The molecule has 0 saturated heterocycles. The van der Waals surface area contributed by atoms with Gasteiger partial charge in [0.2, 0.25) is 0 Å². The lowest BCUT2D eigenvalue weighted by atomic mass is 10.1. The molecule has 0 aliphatic carbocycles. The lowest BCUT2D eigenvalue weighted by Gasteiger charge is -2.11. The minimum Gasteiger partial charge on any atom is -0.484 e. The highest BCUT2D eigenvalue weighted by molar-refractivity contribution is 6.30. The molecule has 0 aliphatic rings. The molecule has 0 atom stereocenters. The summed E-state index contributed by atoms with van der Waals surface area (Å²) in [7, 11) is 0. The summed E-state index contributed by atoms with van der Waals surface area (Å²) in [5.41, 5.74) is 7.64. The van der Waals surface area contributed by atoms with Gasteiger partial charge >= 0.3 is 5.97 Å². The van der Waals surface area contributed by atoms with Gasteiger partial charge in [0.05, 0.1) is 17.8 Å². The molecule has 0 bridgehead atoms. The number of nitrogens with zero attached hydrogens (tertiary/aromatic N) is 1. The highest BCUT2D eigenvalue weighted by atomic mass is 35.5. The molecule has 1 heterocycles. The Morgan fingerprint density at radius 2 is 1.93 bits per heavy atom. The van der Waals surface area contributed by atoms with Crippen LogP contribution in [0.3, 0.4) is 0 Å². The number of fused-ring (bicyclic) bond motifs is 1. The molecule has 2 aromatic carbocycles. The molecule has 0 unspecified atom stereocenters. The molecule has 0 fully saturated rings. The third-order valence-electron chi connectivity index (χ3n) is 3.87. The van der Waals surface area contributed by atoms with Crippen molar-refractivity contribution < 1.29 is 19.1 Å². The summed E-state index contributed by atoms with van der Waals surface area (Å²) in [4.78, 5) is 28.3. The first-order valence-corrected chi connectivity index (χ1v) is 8.89.